The molecule has 0 spiro atoms. The number of amides is 1. The van der Waals surface area contributed by atoms with Gasteiger partial charge in [0.1, 0.15) is 0 Å². The molecule has 0 unspecified atom stereocenters. The Morgan fingerprint density at radius 1 is 1.08 bits per heavy atom. The largest absolute Gasteiger partial charge is 0.273 e. The molecule has 0 bridgehead atoms. The van der Waals surface area contributed by atoms with Crippen LogP contribution in [0.1, 0.15) is 30.5 Å². The van der Waals surface area contributed by atoms with Gasteiger partial charge in [-0.25, -0.2) is 5.43 Å². The van der Waals surface area contributed by atoms with E-state index < -0.39 is 4.92 Å². The summed E-state index contributed by atoms with van der Waals surface area (Å²) < 4.78 is 0. The summed E-state index contributed by atoms with van der Waals surface area (Å²) in [5.74, 6) is -0.270. The first kappa shape index (κ1) is 17.3. The highest BCUT2D eigenvalue weighted by Crippen LogP contribution is 2.12. The molecule has 0 aliphatic heterocycles. The Labute approximate surface area is 140 Å². The number of hydrazone groups is 1. The number of carbonyl (C=O) groups excluding carboxylic acids is 1. The molecule has 124 valence electrons. The van der Waals surface area contributed by atoms with E-state index in [2.05, 4.69) is 17.5 Å². The molecule has 6 heteroatoms. The summed E-state index contributed by atoms with van der Waals surface area (Å²) >= 11 is 0. The normalized spacial score (nSPS) is 11.2. The van der Waals surface area contributed by atoms with Gasteiger partial charge in [0.15, 0.2) is 0 Å². The zero-order valence-corrected chi connectivity index (χ0v) is 13.7. The van der Waals surface area contributed by atoms with Crippen LogP contribution in [0.5, 0.6) is 0 Å². The van der Waals surface area contributed by atoms with E-state index in [1.165, 1.54) is 17.7 Å². The van der Waals surface area contributed by atoms with Gasteiger partial charge in [0.25, 0.3) is 5.69 Å². The standard InChI is InChI=1S/C18H19N3O3/c1-3-14-4-8-16(9-5-14)13(2)19-20-18(22)12-15-6-10-17(11-7-15)21(23)24/h4-11H,3,12H2,1-2H3,(H,20,22)/b19-13+. The molecule has 24 heavy (non-hydrogen) atoms. The van der Waals surface area contributed by atoms with Crippen LogP contribution in [0.3, 0.4) is 0 Å². The van der Waals surface area contributed by atoms with Crippen molar-refractivity contribution in [1.29, 1.82) is 0 Å². The third-order valence-electron chi connectivity index (χ3n) is 3.64. The number of non-ortho nitro benzene ring substituents is 1. The number of carbonyl (C=O) groups is 1. The van der Waals surface area contributed by atoms with Crippen LogP contribution >= 0.6 is 0 Å². The van der Waals surface area contributed by atoms with Crippen molar-refractivity contribution >= 4 is 17.3 Å². The zero-order valence-electron chi connectivity index (χ0n) is 13.7. The van der Waals surface area contributed by atoms with Crippen molar-refractivity contribution in [3.8, 4) is 0 Å². The Morgan fingerprint density at radius 2 is 1.67 bits per heavy atom. The van der Waals surface area contributed by atoms with Crippen molar-refractivity contribution in [3.63, 3.8) is 0 Å². The summed E-state index contributed by atoms with van der Waals surface area (Å²) in [4.78, 5) is 22.0. The van der Waals surface area contributed by atoms with Gasteiger partial charge in [-0.05, 0) is 30.0 Å². The average molecular weight is 325 g/mol. The molecule has 1 amide bonds. The van der Waals surface area contributed by atoms with Crippen molar-refractivity contribution in [2.75, 3.05) is 0 Å². The third kappa shape index (κ3) is 4.74. The van der Waals surface area contributed by atoms with Crippen molar-refractivity contribution in [2.45, 2.75) is 26.7 Å². The molecule has 0 saturated carbocycles. The van der Waals surface area contributed by atoms with Gasteiger partial charge in [-0.3, -0.25) is 14.9 Å². The van der Waals surface area contributed by atoms with Crippen LogP contribution in [-0.2, 0) is 17.6 Å². The van der Waals surface area contributed by atoms with Crippen LogP contribution in [-0.4, -0.2) is 16.5 Å². The van der Waals surface area contributed by atoms with E-state index in [1.54, 1.807) is 12.1 Å². The number of nitro benzene ring substituents is 1. The number of aryl methyl sites for hydroxylation is 1. The Balaban J connectivity index is 1.94. The van der Waals surface area contributed by atoms with E-state index in [1.807, 2.05) is 31.2 Å². The molecule has 0 aromatic heterocycles. The van der Waals surface area contributed by atoms with E-state index in [0.717, 1.165) is 17.7 Å². The fraction of sp³-hybridized carbons (Fsp3) is 0.222. The second-order valence-corrected chi connectivity index (χ2v) is 5.38. The van der Waals surface area contributed by atoms with Crippen molar-refractivity contribution in [1.82, 2.24) is 5.43 Å². The van der Waals surface area contributed by atoms with Crippen LogP contribution in [0.4, 0.5) is 5.69 Å². The lowest BCUT2D eigenvalue weighted by Crippen LogP contribution is -2.21. The van der Waals surface area contributed by atoms with Crippen LogP contribution in [0.2, 0.25) is 0 Å². The SMILES string of the molecule is CCc1ccc(/C(C)=N/NC(=O)Cc2ccc([N+](=O)[O-])cc2)cc1. The Bertz CT molecular complexity index is 750. The van der Waals surface area contributed by atoms with E-state index in [4.69, 9.17) is 0 Å². The van der Waals surface area contributed by atoms with Gasteiger partial charge in [0.05, 0.1) is 17.1 Å². The molecule has 2 aromatic rings. The zero-order chi connectivity index (χ0) is 17.5. The monoisotopic (exact) mass is 325 g/mol. The fourth-order valence-electron chi connectivity index (χ4n) is 2.15. The fourth-order valence-corrected chi connectivity index (χ4v) is 2.15. The molecule has 2 aromatic carbocycles. The quantitative estimate of drug-likeness (QED) is 0.502. The average Bonchev–Trinajstić information content (AvgIpc) is 2.60. The lowest BCUT2D eigenvalue weighted by molar-refractivity contribution is -0.384. The Hall–Kier alpha value is -3.02. The van der Waals surface area contributed by atoms with E-state index in [-0.39, 0.29) is 18.0 Å². The number of benzene rings is 2. The number of hydrogen-bond donors (Lipinski definition) is 1. The second-order valence-electron chi connectivity index (χ2n) is 5.38. The molecule has 2 rings (SSSR count). The summed E-state index contributed by atoms with van der Waals surface area (Å²) in [5.41, 5.74) is 6.12. The maximum Gasteiger partial charge on any atom is 0.269 e. The molecule has 1 N–H and O–H groups in total. The maximum atomic E-state index is 11.9. The highest BCUT2D eigenvalue weighted by Gasteiger charge is 2.07. The molecule has 0 atom stereocenters. The summed E-state index contributed by atoms with van der Waals surface area (Å²) in [6, 6.07) is 13.9. The first-order valence-electron chi connectivity index (χ1n) is 7.65. The van der Waals surface area contributed by atoms with Gasteiger partial charge in [0, 0.05) is 12.1 Å². The van der Waals surface area contributed by atoms with Gasteiger partial charge in [-0.2, -0.15) is 5.10 Å². The molecule has 0 fully saturated rings. The lowest BCUT2D eigenvalue weighted by Gasteiger charge is -2.04. The molecular formula is C18H19N3O3. The summed E-state index contributed by atoms with van der Waals surface area (Å²) in [6.07, 6.45) is 1.09. The summed E-state index contributed by atoms with van der Waals surface area (Å²) in [6.45, 7) is 3.92. The molecule has 0 aliphatic rings. The van der Waals surface area contributed by atoms with Crippen molar-refractivity contribution < 1.29 is 9.72 Å². The third-order valence-corrected chi connectivity index (χ3v) is 3.64. The van der Waals surface area contributed by atoms with Gasteiger partial charge in [-0.15, -0.1) is 0 Å². The topological polar surface area (TPSA) is 84.6 Å². The molecular weight excluding hydrogens is 306 g/mol. The molecule has 0 saturated heterocycles. The number of rotatable bonds is 6. The molecule has 0 radical (unpaired) electrons. The second kappa shape index (κ2) is 8.01. The first-order valence-corrected chi connectivity index (χ1v) is 7.65. The van der Waals surface area contributed by atoms with Crippen LogP contribution in [0, 0.1) is 10.1 Å². The predicted molar refractivity (Wildman–Crippen MR) is 93.0 cm³/mol. The minimum atomic E-state index is -0.471. The van der Waals surface area contributed by atoms with E-state index in [0.29, 0.717) is 5.56 Å². The number of nitrogens with one attached hydrogen (secondary N) is 1. The number of hydrogen-bond acceptors (Lipinski definition) is 4. The van der Waals surface area contributed by atoms with Gasteiger partial charge >= 0.3 is 0 Å². The van der Waals surface area contributed by atoms with Gasteiger partial charge < -0.3 is 0 Å². The molecule has 6 nitrogen and oxygen atoms in total. The molecule has 0 aliphatic carbocycles. The Kier molecular flexibility index (Phi) is 5.78. The molecule has 0 heterocycles. The van der Waals surface area contributed by atoms with Crippen molar-refractivity contribution in [2.24, 2.45) is 5.10 Å². The maximum absolute atomic E-state index is 11.9. The highest BCUT2D eigenvalue weighted by atomic mass is 16.6. The van der Waals surface area contributed by atoms with E-state index in [9.17, 15) is 14.9 Å². The van der Waals surface area contributed by atoms with Gasteiger partial charge in [0.2, 0.25) is 5.91 Å². The van der Waals surface area contributed by atoms with Gasteiger partial charge in [-0.1, -0.05) is 43.3 Å². The number of nitrogens with zero attached hydrogens (tertiary/aromatic N) is 2. The Morgan fingerprint density at radius 3 is 2.21 bits per heavy atom. The first-order chi connectivity index (χ1) is 11.5. The lowest BCUT2D eigenvalue weighted by atomic mass is 10.1. The predicted octanol–water partition coefficient (Wildman–Crippen LogP) is 3.24. The van der Waals surface area contributed by atoms with Crippen LogP contribution in [0.25, 0.3) is 0 Å². The minimum Gasteiger partial charge on any atom is -0.273 e. The van der Waals surface area contributed by atoms with Crippen LogP contribution in [0.15, 0.2) is 53.6 Å². The summed E-state index contributed by atoms with van der Waals surface area (Å²) in [7, 11) is 0. The highest BCUT2D eigenvalue weighted by molar-refractivity contribution is 5.99. The minimum absolute atomic E-state index is 0.00329. The van der Waals surface area contributed by atoms with Crippen LogP contribution < -0.4 is 5.43 Å². The summed E-state index contributed by atoms with van der Waals surface area (Å²) in [5, 5.41) is 14.7. The smallest absolute Gasteiger partial charge is 0.269 e. The van der Waals surface area contributed by atoms with Crippen molar-refractivity contribution in [3.05, 3.63) is 75.3 Å². The number of nitro groups is 1. The van der Waals surface area contributed by atoms with E-state index >= 15 is 0 Å².